The number of hydrogen-bond donors (Lipinski definition) is 1. The number of thioether (sulfide) groups is 1. The van der Waals surface area contributed by atoms with Gasteiger partial charge in [0.2, 0.25) is 0 Å². The Bertz CT molecular complexity index is 245. The molecule has 0 aromatic rings. The number of hydrogen-bond acceptors (Lipinski definition) is 4. The van der Waals surface area contributed by atoms with Gasteiger partial charge in [0.15, 0.2) is 5.17 Å². The maximum absolute atomic E-state index is 11.7. The molecule has 0 spiro atoms. The number of amidine groups is 1. The highest BCUT2D eigenvalue weighted by molar-refractivity contribution is 8.14. The predicted molar refractivity (Wildman–Crippen MR) is 58.8 cm³/mol. The zero-order valence-corrected chi connectivity index (χ0v) is 9.83. The second-order valence-corrected chi connectivity index (χ2v) is 4.68. The SMILES string of the molecule is CCC1CN=C(NCCOCC(F)(F)F)S1. The lowest BCUT2D eigenvalue weighted by molar-refractivity contribution is -0.173. The highest BCUT2D eigenvalue weighted by atomic mass is 32.2. The number of alkyl halides is 3. The van der Waals surface area contributed by atoms with Crippen molar-refractivity contribution in [1.29, 1.82) is 0 Å². The lowest BCUT2D eigenvalue weighted by Crippen LogP contribution is -2.26. The largest absolute Gasteiger partial charge is 0.411 e. The molecule has 7 heteroatoms. The molecule has 1 aliphatic heterocycles. The van der Waals surface area contributed by atoms with Crippen molar-refractivity contribution in [3.63, 3.8) is 0 Å². The Balaban J connectivity index is 2.00. The molecule has 0 bridgehead atoms. The molecule has 0 aromatic carbocycles. The molecule has 0 fully saturated rings. The van der Waals surface area contributed by atoms with Crippen LogP contribution in [0.5, 0.6) is 0 Å². The Morgan fingerprint density at radius 1 is 1.56 bits per heavy atom. The third kappa shape index (κ3) is 5.60. The fourth-order valence-electron chi connectivity index (χ4n) is 1.15. The molecular weight excluding hydrogens is 241 g/mol. The van der Waals surface area contributed by atoms with E-state index in [1.54, 1.807) is 11.8 Å². The van der Waals surface area contributed by atoms with E-state index in [0.29, 0.717) is 11.8 Å². The van der Waals surface area contributed by atoms with E-state index in [2.05, 4.69) is 22.0 Å². The molecule has 3 nitrogen and oxygen atoms in total. The molecule has 0 saturated heterocycles. The zero-order chi connectivity index (χ0) is 12.0. The van der Waals surface area contributed by atoms with Crippen LogP contribution in [0.4, 0.5) is 13.2 Å². The van der Waals surface area contributed by atoms with Crippen LogP contribution in [0.15, 0.2) is 4.99 Å². The standard InChI is InChI=1S/C9H15F3N2OS/c1-2-7-5-14-8(16-7)13-3-4-15-6-9(10,11)12/h7H,2-6H2,1H3,(H,13,14). The van der Waals surface area contributed by atoms with Gasteiger partial charge in [-0.15, -0.1) is 0 Å². The monoisotopic (exact) mass is 256 g/mol. The number of aliphatic imine (C=N–C) groups is 1. The van der Waals surface area contributed by atoms with Gasteiger partial charge >= 0.3 is 6.18 Å². The summed E-state index contributed by atoms with van der Waals surface area (Å²) in [5.41, 5.74) is 0. The van der Waals surface area contributed by atoms with Crippen molar-refractivity contribution >= 4 is 16.9 Å². The molecule has 1 atom stereocenters. The summed E-state index contributed by atoms with van der Waals surface area (Å²) < 4.78 is 39.6. The van der Waals surface area contributed by atoms with Crippen LogP contribution in [0.25, 0.3) is 0 Å². The Labute approximate surface area is 96.8 Å². The van der Waals surface area contributed by atoms with E-state index in [1.807, 2.05) is 0 Å². The lowest BCUT2D eigenvalue weighted by Gasteiger charge is -2.09. The van der Waals surface area contributed by atoms with Crippen LogP contribution >= 0.6 is 11.8 Å². The molecule has 0 aliphatic carbocycles. The van der Waals surface area contributed by atoms with Crippen molar-refractivity contribution in [2.45, 2.75) is 24.8 Å². The molecule has 0 aromatic heterocycles. The number of rotatable bonds is 5. The van der Waals surface area contributed by atoms with Gasteiger partial charge in [-0.05, 0) is 6.42 Å². The number of halogens is 3. The smallest absolute Gasteiger partial charge is 0.370 e. The van der Waals surface area contributed by atoms with Gasteiger partial charge in [-0.3, -0.25) is 4.99 Å². The van der Waals surface area contributed by atoms with Gasteiger partial charge in [-0.2, -0.15) is 13.2 Å². The van der Waals surface area contributed by atoms with Crippen molar-refractivity contribution in [3.05, 3.63) is 0 Å². The highest BCUT2D eigenvalue weighted by Crippen LogP contribution is 2.21. The molecule has 1 heterocycles. The van der Waals surface area contributed by atoms with E-state index in [-0.39, 0.29) is 6.61 Å². The first-order valence-corrected chi connectivity index (χ1v) is 5.98. The first kappa shape index (κ1) is 13.6. The zero-order valence-electron chi connectivity index (χ0n) is 9.01. The van der Waals surface area contributed by atoms with Gasteiger partial charge in [0.05, 0.1) is 13.2 Å². The van der Waals surface area contributed by atoms with Crippen LogP contribution in [-0.4, -0.2) is 42.9 Å². The normalized spacial score (nSPS) is 21.0. The van der Waals surface area contributed by atoms with Gasteiger partial charge in [-0.25, -0.2) is 0 Å². The Kier molecular flexibility index (Phi) is 5.40. The first-order valence-electron chi connectivity index (χ1n) is 5.10. The maximum Gasteiger partial charge on any atom is 0.411 e. The topological polar surface area (TPSA) is 33.6 Å². The minimum absolute atomic E-state index is 0.0376. The third-order valence-electron chi connectivity index (χ3n) is 1.96. The number of nitrogens with one attached hydrogen (secondary N) is 1. The van der Waals surface area contributed by atoms with Crippen molar-refractivity contribution in [3.8, 4) is 0 Å². The van der Waals surface area contributed by atoms with Gasteiger partial charge in [0, 0.05) is 11.8 Å². The molecule has 94 valence electrons. The van der Waals surface area contributed by atoms with Gasteiger partial charge in [-0.1, -0.05) is 18.7 Å². The molecule has 1 rings (SSSR count). The van der Waals surface area contributed by atoms with Crippen LogP contribution in [0.1, 0.15) is 13.3 Å². The van der Waals surface area contributed by atoms with Crippen LogP contribution in [0, 0.1) is 0 Å². The Morgan fingerprint density at radius 3 is 2.88 bits per heavy atom. The highest BCUT2D eigenvalue weighted by Gasteiger charge is 2.27. The molecule has 1 unspecified atom stereocenters. The van der Waals surface area contributed by atoms with Crippen LogP contribution in [0.3, 0.4) is 0 Å². The summed E-state index contributed by atoms with van der Waals surface area (Å²) in [7, 11) is 0. The van der Waals surface area contributed by atoms with Gasteiger partial charge < -0.3 is 10.1 Å². The Hall–Kier alpha value is -0.430. The van der Waals surface area contributed by atoms with Crippen molar-refractivity contribution in [2.24, 2.45) is 4.99 Å². The summed E-state index contributed by atoms with van der Waals surface area (Å²) in [4.78, 5) is 4.23. The minimum atomic E-state index is -4.24. The van der Waals surface area contributed by atoms with Crippen LogP contribution in [0.2, 0.25) is 0 Å². The second kappa shape index (κ2) is 6.34. The molecule has 0 saturated carbocycles. The number of ether oxygens (including phenoxy) is 1. The minimum Gasteiger partial charge on any atom is -0.370 e. The maximum atomic E-state index is 11.7. The first-order chi connectivity index (χ1) is 7.51. The molecule has 1 N–H and O–H groups in total. The summed E-state index contributed by atoms with van der Waals surface area (Å²) in [6, 6.07) is 0. The van der Waals surface area contributed by atoms with Crippen LogP contribution < -0.4 is 5.32 Å². The number of nitrogens with zero attached hydrogens (tertiary/aromatic N) is 1. The van der Waals surface area contributed by atoms with E-state index in [0.717, 1.165) is 18.1 Å². The predicted octanol–water partition coefficient (Wildman–Crippen LogP) is 2.04. The van der Waals surface area contributed by atoms with E-state index >= 15 is 0 Å². The van der Waals surface area contributed by atoms with Crippen molar-refractivity contribution < 1.29 is 17.9 Å². The molecule has 1 aliphatic rings. The van der Waals surface area contributed by atoms with E-state index in [4.69, 9.17) is 0 Å². The average molecular weight is 256 g/mol. The Morgan fingerprint density at radius 2 is 2.31 bits per heavy atom. The molecular formula is C9H15F3N2OS. The quantitative estimate of drug-likeness (QED) is 0.764. The van der Waals surface area contributed by atoms with Crippen molar-refractivity contribution in [1.82, 2.24) is 5.32 Å². The van der Waals surface area contributed by atoms with Crippen molar-refractivity contribution in [2.75, 3.05) is 26.3 Å². The van der Waals surface area contributed by atoms with Crippen LogP contribution in [-0.2, 0) is 4.74 Å². The third-order valence-corrected chi connectivity index (χ3v) is 3.27. The average Bonchev–Trinajstić information content (AvgIpc) is 2.63. The lowest BCUT2D eigenvalue weighted by atomic mass is 10.3. The fraction of sp³-hybridized carbons (Fsp3) is 0.889. The summed E-state index contributed by atoms with van der Waals surface area (Å²) in [6.07, 6.45) is -3.20. The summed E-state index contributed by atoms with van der Waals surface area (Å²) in [6.45, 7) is 2.08. The molecule has 0 amide bonds. The molecule has 16 heavy (non-hydrogen) atoms. The molecule has 0 radical (unpaired) electrons. The second-order valence-electron chi connectivity index (χ2n) is 3.39. The summed E-state index contributed by atoms with van der Waals surface area (Å²) in [5.74, 6) is 0. The van der Waals surface area contributed by atoms with Gasteiger partial charge in [0.25, 0.3) is 0 Å². The summed E-state index contributed by atoms with van der Waals surface area (Å²) in [5, 5.41) is 4.26. The van der Waals surface area contributed by atoms with E-state index < -0.39 is 12.8 Å². The van der Waals surface area contributed by atoms with E-state index in [1.165, 1.54) is 0 Å². The van der Waals surface area contributed by atoms with E-state index in [9.17, 15) is 13.2 Å². The summed E-state index contributed by atoms with van der Waals surface area (Å²) >= 11 is 1.64. The fourth-order valence-corrected chi connectivity index (χ4v) is 2.11. The van der Waals surface area contributed by atoms with Gasteiger partial charge in [0.1, 0.15) is 6.61 Å².